The molecule has 1 aromatic carbocycles. The molecule has 3 heterocycles. The number of nitrogens with zero attached hydrogens (tertiary/aromatic N) is 4. The molecule has 1 amide bonds. The summed E-state index contributed by atoms with van der Waals surface area (Å²) in [7, 11) is 0. The Bertz CT molecular complexity index is 837. The fourth-order valence-electron chi connectivity index (χ4n) is 2.93. The second kappa shape index (κ2) is 4.87. The summed E-state index contributed by atoms with van der Waals surface area (Å²) in [5.41, 5.74) is 3.99. The van der Waals surface area contributed by atoms with Crippen LogP contribution in [0.2, 0.25) is 0 Å². The number of H-pyrrole nitrogens is 1. The van der Waals surface area contributed by atoms with Gasteiger partial charge in [0, 0.05) is 24.8 Å². The molecule has 0 radical (unpaired) electrons. The third-order valence-electron chi connectivity index (χ3n) is 4.16. The zero-order valence-corrected chi connectivity index (χ0v) is 11.8. The van der Waals surface area contributed by atoms with E-state index in [0.29, 0.717) is 13.1 Å². The van der Waals surface area contributed by atoms with Gasteiger partial charge in [0.05, 0.1) is 29.6 Å². The van der Waals surface area contributed by atoms with Crippen LogP contribution in [0.25, 0.3) is 22.2 Å². The van der Waals surface area contributed by atoms with Gasteiger partial charge in [-0.3, -0.25) is 4.68 Å². The molecule has 0 saturated carbocycles. The van der Waals surface area contributed by atoms with Crippen LogP contribution >= 0.6 is 0 Å². The molecule has 0 aliphatic carbocycles. The van der Waals surface area contributed by atoms with E-state index in [-0.39, 0.29) is 6.04 Å². The molecule has 4 rings (SSSR count). The summed E-state index contributed by atoms with van der Waals surface area (Å²) < 4.78 is 1.87. The lowest BCUT2D eigenvalue weighted by Crippen LogP contribution is -2.27. The first kappa shape index (κ1) is 12.9. The van der Waals surface area contributed by atoms with E-state index < -0.39 is 6.09 Å². The maximum atomic E-state index is 11.0. The van der Waals surface area contributed by atoms with Crippen LogP contribution in [0.15, 0.2) is 36.9 Å². The van der Waals surface area contributed by atoms with E-state index in [0.717, 1.165) is 28.6 Å². The van der Waals surface area contributed by atoms with Crippen molar-refractivity contribution in [3.63, 3.8) is 0 Å². The molecule has 1 aliphatic heterocycles. The van der Waals surface area contributed by atoms with Crippen LogP contribution in [0.5, 0.6) is 0 Å². The van der Waals surface area contributed by atoms with Gasteiger partial charge < -0.3 is 15.0 Å². The zero-order valence-electron chi connectivity index (χ0n) is 11.8. The van der Waals surface area contributed by atoms with E-state index in [2.05, 4.69) is 15.1 Å². The minimum absolute atomic E-state index is 0.110. The Labute approximate surface area is 126 Å². The van der Waals surface area contributed by atoms with Gasteiger partial charge in [-0.25, -0.2) is 9.78 Å². The summed E-state index contributed by atoms with van der Waals surface area (Å²) in [6.45, 7) is 1.06. The van der Waals surface area contributed by atoms with Crippen molar-refractivity contribution in [2.24, 2.45) is 0 Å². The predicted octanol–water partition coefficient (Wildman–Crippen LogP) is 2.35. The summed E-state index contributed by atoms with van der Waals surface area (Å²) in [4.78, 5) is 19.8. The maximum Gasteiger partial charge on any atom is 0.407 e. The molecule has 1 saturated heterocycles. The molecule has 7 nitrogen and oxygen atoms in total. The van der Waals surface area contributed by atoms with Gasteiger partial charge >= 0.3 is 6.09 Å². The number of hydrogen-bond donors (Lipinski definition) is 2. The van der Waals surface area contributed by atoms with Gasteiger partial charge in [0.25, 0.3) is 0 Å². The number of aromatic amines is 1. The first-order valence-electron chi connectivity index (χ1n) is 7.16. The van der Waals surface area contributed by atoms with Gasteiger partial charge in [-0.2, -0.15) is 5.10 Å². The van der Waals surface area contributed by atoms with E-state index in [1.807, 2.05) is 35.3 Å². The topological polar surface area (TPSA) is 87.0 Å². The lowest BCUT2D eigenvalue weighted by Gasteiger charge is -2.12. The molecule has 7 heteroatoms. The van der Waals surface area contributed by atoms with Gasteiger partial charge in [0.2, 0.25) is 0 Å². The van der Waals surface area contributed by atoms with Crippen LogP contribution < -0.4 is 0 Å². The van der Waals surface area contributed by atoms with E-state index in [1.54, 1.807) is 6.33 Å². The van der Waals surface area contributed by atoms with Crippen molar-refractivity contribution >= 4 is 17.1 Å². The van der Waals surface area contributed by atoms with E-state index >= 15 is 0 Å². The minimum atomic E-state index is -0.862. The van der Waals surface area contributed by atoms with Crippen LogP contribution in [-0.4, -0.2) is 48.9 Å². The Hall–Kier alpha value is -2.83. The van der Waals surface area contributed by atoms with Crippen molar-refractivity contribution in [3.05, 3.63) is 36.9 Å². The number of carbonyl (C=O) groups is 1. The highest BCUT2D eigenvalue weighted by atomic mass is 16.4. The van der Waals surface area contributed by atoms with Crippen molar-refractivity contribution in [1.29, 1.82) is 0 Å². The van der Waals surface area contributed by atoms with Crippen molar-refractivity contribution in [3.8, 4) is 11.1 Å². The third-order valence-corrected chi connectivity index (χ3v) is 4.16. The van der Waals surface area contributed by atoms with E-state index in [1.165, 1.54) is 4.90 Å². The van der Waals surface area contributed by atoms with Crippen LogP contribution in [0.4, 0.5) is 4.79 Å². The monoisotopic (exact) mass is 297 g/mol. The molecule has 3 aromatic rings. The van der Waals surface area contributed by atoms with Gasteiger partial charge in [0.15, 0.2) is 0 Å². The number of likely N-dealkylation sites (tertiary alicyclic amines) is 1. The Kier molecular flexibility index (Phi) is 2.85. The standard InChI is InChI=1S/C15H15N5O2/c21-15(22)19-4-3-12(8-19)20-7-11(6-18-20)10-1-2-13-14(5-10)17-9-16-13/h1-2,5-7,9,12H,3-4,8H2,(H,16,17)(H,21,22). The number of amides is 1. The van der Waals surface area contributed by atoms with E-state index in [9.17, 15) is 4.79 Å². The summed E-state index contributed by atoms with van der Waals surface area (Å²) in [5, 5.41) is 13.4. The number of imidazole rings is 1. The fourth-order valence-corrected chi connectivity index (χ4v) is 2.93. The van der Waals surface area contributed by atoms with Crippen LogP contribution in [0.1, 0.15) is 12.5 Å². The molecular weight excluding hydrogens is 282 g/mol. The van der Waals surface area contributed by atoms with Crippen molar-refractivity contribution in [2.45, 2.75) is 12.5 Å². The van der Waals surface area contributed by atoms with Crippen LogP contribution in [0, 0.1) is 0 Å². The lowest BCUT2D eigenvalue weighted by molar-refractivity contribution is 0.154. The normalized spacial score (nSPS) is 18.2. The first-order chi connectivity index (χ1) is 10.7. The van der Waals surface area contributed by atoms with Crippen molar-refractivity contribution < 1.29 is 9.90 Å². The molecule has 22 heavy (non-hydrogen) atoms. The Morgan fingerprint density at radius 2 is 2.27 bits per heavy atom. The summed E-state index contributed by atoms with van der Waals surface area (Å²) >= 11 is 0. The average molecular weight is 297 g/mol. The lowest BCUT2D eigenvalue weighted by atomic mass is 10.1. The molecule has 112 valence electrons. The highest BCUT2D eigenvalue weighted by Crippen LogP contribution is 2.26. The van der Waals surface area contributed by atoms with Gasteiger partial charge in [0.1, 0.15) is 0 Å². The number of rotatable bonds is 2. The van der Waals surface area contributed by atoms with Crippen molar-refractivity contribution in [1.82, 2.24) is 24.6 Å². The van der Waals surface area contributed by atoms with Crippen LogP contribution in [-0.2, 0) is 0 Å². The molecule has 0 spiro atoms. The zero-order chi connectivity index (χ0) is 15.1. The number of aromatic nitrogens is 4. The van der Waals surface area contributed by atoms with Gasteiger partial charge in [-0.15, -0.1) is 0 Å². The summed E-state index contributed by atoms with van der Waals surface area (Å²) in [5.74, 6) is 0. The molecule has 0 bridgehead atoms. The SMILES string of the molecule is O=C(O)N1CCC(n2cc(-c3ccc4[nH]cnc4c3)cn2)C1. The molecular formula is C15H15N5O2. The molecule has 1 fully saturated rings. The molecule has 1 atom stereocenters. The Morgan fingerprint density at radius 3 is 3.09 bits per heavy atom. The Morgan fingerprint density at radius 1 is 1.36 bits per heavy atom. The average Bonchev–Trinajstić information content (AvgIpc) is 3.25. The third kappa shape index (κ3) is 2.11. The minimum Gasteiger partial charge on any atom is -0.465 e. The Balaban J connectivity index is 1.60. The summed E-state index contributed by atoms with van der Waals surface area (Å²) in [6.07, 6.45) is 5.41. The largest absolute Gasteiger partial charge is 0.465 e. The number of hydrogen-bond acceptors (Lipinski definition) is 3. The molecule has 1 unspecified atom stereocenters. The maximum absolute atomic E-state index is 11.0. The smallest absolute Gasteiger partial charge is 0.407 e. The second-order valence-corrected chi connectivity index (χ2v) is 5.51. The molecule has 2 N–H and O–H groups in total. The fraction of sp³-hybridized carbons (Fsp3) is 0.267. The molecule has 1 aliphatic rings. The number of carboxylic acid groups (broad SMARTS) is 1. The molecule has 2 aromatic heterocycles. The summed E-state index contributed by atoms with van der Waals surface area (Å²) in [6, 6.07) is 6.15. The highest BCUT2D eigenvalue weighted by molar-refractivity contribution is 5.81. The first-order valence-corrected chi connectivity index (χ1v) is 7.16. The highest BCUT2D eigenvalue weighted by Gasteiger charge is 2.27. The second-order valence-electron chi connectivity index (χ2n) is 5.51. The quantitative estimate of drug-likeness (QED) is 0.760. The number of nitrogens with one attached hydrogen (secondary N) is 1. The van der Waals surface area contributed by atoms with E-state index in [4.69, 9.17) is 5.11 Å². The van der Waals surface area contributed by atoms with Gasteiger partial charge in [-0.05, 0) is 24.1 Å². The predicted molar refractivity (Wildman–Crippen MR) is 80.6 cm³/mol. The van der Waals surface area contributed by atoms with Crippen molar-refractivity contribution in [2.75, 3.05) is 13.1 Å². The number of benzene rings is 1. The van der Waals surface area contributed by atoms with Crippen LogP contribution in [0.3, 0.4) is 0 Å². The number of fused-ring (bicyclic) bond motifs is 1. The van der Waals surface area contributed by atoms with Gasteiger partial charge in [-0.1, -0.05) is 6.07 Å².